The van der Waals surface area contributed by atoms with Gasteiger partial charge in [-0.15, -0.1) is 0 Å². The molecule has 0 saturated heterocycles. The lowest BCUT2D eigenvalue weighted by Gasteiger charge is -2.04. The quantitative estimate of drug-likeness (QED) is 0.507. The molecule has 1 heterocycles. The van der Waals surface area contributed by atoms with E-state index in [1.165, 1.54) is 6.07 Å². The molecule has 0 fully saturated rings. The van der Waals surface area contributed by atoms with Crippen LogP contribution in [0.3, 0.4) is 0 Å². The van der Waals surface area contributed by atoms with Crippen molar-refractivity contribution in [3.8, 4) is 0 Å². The number of halogens is 3. The third kappa shape index (κ3) is 5.10. The van der Waals surface area contributed by atoms with Crippen molar-refractivity contribution in [2.24, 2.45) is 0 Å². The fraction of sp³-hybridized carbons (Fsp3) is 0.286. The third-order valence-electron chi connectivity index (χ3n) is 2.87. The smallest absolute Gasteiger partial charge is 0.230 e. The minimum absolute atomic E-state index is 0.0105. The summed E-state index contributed by atoms with van der Waals surface area (Å²) < 4.78 is 30.2. The van der Waals surface area contributed by atoms with Gasteiger partial charge in [-0.2, -0.15) is 0 Å². The Morgan fingerprint density at radius 1 is 1.42 bits per heavy atom. The summed E-state index contributed by atoms with van der Waals surface area (Å²) in [6, 6.07) is 4.45. The second-order valence-electron chi connectivity index (χ2n) is 4.65. The van der Waals surface area contributed by atoms with E-state index in [0.717, 1.165) is 11.8 Å². The number of aromatic nitrogens is 2. The molecule has 2 rings (SSSR count). The molecule has 0 aliphatic rings. The van der Waals surface area contributed by atoms with E-state index in [1.807, 2.05) is 0 Å². The van der Waals surface area contributed by atoms with Crippen molar-refractivity contribution in [3.05, 3.63) is 39.7 Å². The van der Waals surface area contributed by atoms with Crippen molar-refractivity contribution >= 4 is 39.3 Å². The molecule has 24 heavy (non-hydrogen) atoms. The fourth-order valence-electron chi connectivity index (χ4n) is 1.77. The van der Waals surface area contributed by atoms with E-state index >= 15 is 0 Å². The third-order valence-corrected chi connectivity index (χ3v) is 4.42. The van der Waals surface area contributed by atoms with Crippen LogP contribution < -0.4 is 5.32 Å². The van der Waals surface area contributed by atoms with Gasteiger partial charge < -0.3 is 10.7 Å². The lowest BCUT2D eigenvalue weighted by Crippen LogP contribution is -2.27. The van der Waals surface area contributed by atoms with Crippen molar-refractivity contribution in [1.82, 2.24) is 15.6 Å². The molecule has 0 spiro atoms. The highest BCUT2D eigenvalue weighted by molar-refractivity contribution is 9.10. The number of hydrogen-bond acceptors (Lipinski definition) is 6. The van der Waals surface area contributed by atoms with E-state index in [4.69, 9.17) is 5.41 Å². The number of nitrogens with zero attached hydrogens (tertiary/aromatic N) is 2. The molecule has 2 aromatic rings. The van der Waals surface area contributed by atoms with E-state index in [9.17, 15) is 13.6 Å². The molecule has 0 atom stereocenters. The Kier molecular flexibility index (Phi) is 6.85. The van der Waals surface area contributed by atoms with E-state index in [1.54, 1.807) is 12.1 Å². The highest BCUT2D eigenvalue weighted by atomic mass is 79.9. The number of carbonyl (C=O) groups is 1. The molecule has 0 aliphatic carbocycles. The zero-order valence-corrected chi connectivity index (χ0v) is 14.7. The molecule has 0 unspecified atom stereocenters. The van der Waals surface area contributed by atoms with E-state index in [-0.39, 0.29) is 41.8 Å². The normalized spacial score (nSPS) is 10.6. The summed E-state index contributed by atoms with van der Waals surface area (Å²) in [7, 11) is 0. The topological polar surface area (TPSA) is 91.9 Å². The van der Waals surface area contributed by atoms with Crippen molar-refractivity contribution in [3.63, 3.8) is 0 Å². The largest absolute Gasteiger partial charge is 0.353 e. The SMILES string of the molecule is N=C(Cc1ccc(F)c(Br)c1)c1nonc1SCC(=O)NCCF. The van der Waals surface area contributed by atoms with Gasteiger partial charge in [-0.05, 0) is 43.9 Å². The van der Waals surface area contributed by atoms with Crippen LogP contribution in [0.2, 0.25) is 0 Å². The van der Waals surface area contributed by atoms with Crippen molar-refractivity contribution < 1.29 is 18.2 Å². The summed E-state index contributed by atoms with van der Waals surface area (Å²) >= 11 is 4.14. The zero-order chi connectivity index (χ0) is 17.5. The fourth-order valence-corrected chi connectivity index (χ4v) is 2.95. The van der Waals surface area contributed by atoms with Crippen LogP contribution in [-0.2, 0) is 11.2 Å². The molecule has 1 aromatic heterocycles. The van der Waals surface area contributed by atoms with Crippen LogP contribution in [0.25, 0.3) is 0 Å². The minimum atomic E-state index is -0.634. The van der Waals surface area contributed by atoms with Gasteiger partial charge in [0.05, 0.1) is 15.9 Å². The van der Waals surface area contributed by atoms with Crippen molar-refractivity contribution in [1.29, 1.82) is 5.41 Å². The van der Waals surface area contributed by atoms with Gasteiger partial charge in [0, 0.05) is 13.0 Å². The van der Waals surface area contributed by atoms with E-state index < -0.39 is 6.67 Å². The summed E-state index contributed by atoms with van der Waals surface area (Å²) in [4.78, 5) is 11.5. The van der Waals surface area contributed by atoms with Gasteiger partial charge in [0.25, 0.3) is 0 Å². The Balaban J connectivity index is 1.99. The maximum absolute atomic E-state index is 13.2. The molecule has 0 bridgehead atoms. The second kappa shape index (κ2) is 8.88. The number of alkyl halides is 1. The van der Waals surface area contributed by atoms with Crippen LogP contribution in [0.1, 0.15) is 11.3 Å². The Hall–Kier alpha value is -1.81. The standard InChI is InChI=1S/C14H13BrF2N4O2S/c15-9-5-8(1-2-10(9)17)6-11(18)13-14(21-23-20-13)24-7-12(22)19-4-3-16/h1-2,5,18H,3-4,6-7H2,(H,19,22). The van der Waals surface area contributed by atoms with Crippen LogP contribution in [0.4, 0.5) is 8.78 Å². The summed E-state index contributed by atoms with van der Waals surface area (Å²) in [5, 5.41) is 18.2. The molecule has 0 saturated carbocycles. The first kappa shape index (κ1) is 18.5. The Labute approximate surface area is 149 Å². The highest BCUT2D eigenvalue weighted by Gasteiger charge is 2.17. The van der Waals surface area contributed by atoms with Crippen LogP contribution in [0, 0.1) is 11.2 Å². The van der Waals surface area contributed by atoms with Crippen LogP contribution in [0.15, 0.2) is 32.3 Å². The number of rotatable bonds is 8. The summed E-state index contributed by atoms with van der Waals surface area (Å²) in [5.41, 5.74) is 1.06. The minimum Gasteiger partial charge on any atom is -0.353 e. The average Bonchev–Trinajstić information content (AvgIpc) is 3.03. The molecule has 6 nitrogen and oxygen atoms in total. The average molecular weight is 419 g/mol. The second-order valence-corrected chi connectivity index (χ2v) is 6.47. The van der Waals surface area contributed by atoms with Gasteiger partial charge in [0.15, 0.2) is 10.7 Å². The molecule has 0 aliphatic heterocycles. The Morgan fingerprint density at radius 3 is 2.92 bits per heavy atom. The predicted molar refractivity (Wildman–Crippen MR) is 88.6 cm³/mol. The summed E-state index contributed by atoms with van der Waals surface area (Å²) in [6.45, 7) is -0.677. The van der Waals surface area contributed by atoms with Crippen LogP contribution >= 0.6 is 27.7 Å². The van der Waals surface area contributed by atoms with Gasteiger partial charge in [0.2, 0.25) is 5.91 Å². The lowest BCUT2D eigenvalue weighted by atomic mass is 10.1. The van der Waals surface area contributed by atoms with E-state index in [0.29, 0.717) is 15.1 Å². The van der Waals surface area contributed by atoms with E-state index in [2.05, 4.69) is 36.2 Å². The van der Waals surface area contributed by atoms with Gasteiger partial charge in [0.1, 0.15) is 12.5 Å². The number of nitrogens with one attached hydrogen (secondary N) is 2. The lowest BCUT2D eigenvalue weighted by molar-refractivity contribution is -0.118. The van der Waals surface area contributed by atoms with Crippen molar-refractivity contribution in [2.45, 2.75) is 11.4 Å². The molecule has 128 valence electrons. The molecule has 10 heteroatoms. The van der Waals surface area contributed by atoms with Gasteiger partial charge in [-0.3, -0.25) is 4.79 Å². The number of carbonyl (C=O) groups excluding carboxylic acids is 1. The van der Waals surface area contributed by atoms with Crippen molar-refractivity contribution in [2.75, 3.05) is 19.0 Å². The highest BCUT2D eigenvalue weighted by Crippen LogP contribution is 2.22. The summed E-state index contributed by atoms with van der Waals surface area (Å²) in [5.74, 6) is -0.721. The molecule has 2 N–H and O–H groups in total. The first-order valence-electron chi connectivity index (χ1n) is 6.81. The Bertz CT molecular complexity index is 741. The number of thioether (sulfide) groups is 1. The summed E-state index contributed by atoms with van der Waals surface area (Å²) in [6.07, 6.45) is 0.203. The number of amides is 1. The zero-order valence-electron chi connectivity index (χ0n) is 12.3. The van der Waals surface area contributed by atoms with Gasteiger partial charge >= 0.3 is 0 Å². The maximum atomic E-state index is 13.2. The predicted octanol–water partition coefficient (Wildman–Crippen LogP) is 2.76. The van der Waals surface area contributed by atoms with Gasteiger partial charge in [-0.1, -0.05) is 17.8 Å². The van der Waals surface area contributed by atoms with Gasteiger partial charge in [-0.25, -0.2) is 13.4 Å². The first-order chi connectivity index (χ1) is 11.5. The molecule has 0 radical (unpaired) electrons. The molecule has 1 aromatic carbocycles. The van der Waals surface area contributed by atoms with Crippen LogP contribution in [0.5, 0.6) is 0 Å². The number of benzene rings is 1. The molecular formula is C14H13BrF2N4O2S. The number of hydrogen-bond donors (Lipinski definition) is 2. The Morgan fingerprint density at radius 2 is 2.21 bits per heavy atom. The maximum Gasteiger partial charge on any atom is 0.230 e. The van der Waals surface area contributed by atoms with Crippen LogP contribution in [-0.4, -0.2) is 40.9 Å². The monoisotopic (exact) mass is 418 g/mol. The molecular weight excluding hydrogens is 406 g/mol. The molecule has 1 amide bonds. The first-order valence-corrected chi connectivity index (χ1v) is 8.59.